The predicted molar refractivity (Wildman–Crippen MR) is 178 cm³/mol. The summed E-state index contributed by atoms with van der Waals surface area (Å²) >= 11 is 0. The van der Waals surface area contributed by atoms with Crippen LogP contribution in [0.5, 0.6) is 0 Å². The summed E-state index contributed by atoms with van der Waals surface area (Å²) in [6.07, 6.45) is 0. The van der Waals surface area contributed by atoms with Crippen LogP contribution in [0.1, 0.15) is 36.6 Å². The van der Waals surface area contributed by atoms with Gasteiger partial charge in [-0.3, -0.25) is 14.4 Å². The molecule has 0 fully saturated rings. The molecule has 0 aliphatic heterocycles. The highest BCUT2D eigenvalue weighted by Gasteiger charge is 2.19. The summed E-state index contributed by atoms with van der Waals surface area (Å²) in [7, 11) is 3.87. The van der Waals surface area contributed by atoms with Crippen molar-refractivity contribution in [2.75, 3.05) is 29.6 Å². The van der Waals surface area contributed by atoms with E-state index in [9.17, 15) is 18.8 Å². The number of nitrogens with two attached hydrogens (primary N) is 1. The molecule has 0 aliphatic rings. The van der Waals surface area contributed by atoms with Crippen LogP contribution in [0.15, 0.2) is 97.1 Å². The molecule has 0 saturated carbocycles. The Kier molecular flexibility index (Phi) is 7.52. The molecular formula is C36H30FN5O3. The molecule has 0 bridgehead atoms. The van der Waals surface area contributed by atoms with E-state index < -0.39 is 11.7 Å². The van der Waals surface area contributed by atoms with Crippen LogP contribution in [0.4, 0.5) is 21.5 Å². The SMILES string of the molecule is Cc1c(NC(=O)c2ccc(F)cc2)cccc1-c1ccc(C(N)=O)c2[nH]c3cc(NC(=O)c4ccc(N(C)C)cc4)ccc3c12. The summed E-state index contributed by atoms with van der Waals surface area (Å²) < 4.78 is 13.4. The first-order valence-electron chi connectivity index (χ1n) is 14.2. The third-order valence-electron chi connectivity index (χ3n) is 7.90. The zero-order valence-corrected chi connectivity index (χ0v) is 24.9. The number of benzene rings is 5. The lowest BCUT2D eigenvalue weighted by Crippen LogP contribution is -2.13. The maximum atomic E-state index is 13.4. The molecule has 1 aromatic heterocycles. The van der Waals surface area contributed by atoms with Crippen LogP contribution < -0.4 is 21.3 Å². The Morgan fingerprint density at radius 3 is 2.11 bits per heavy atom. The van der Waals surface area contributed by atoms with Gasteiger partial charge in [0.05, 0.1) is 11.1 Å². The van der Waals surface area contributed by atoms with Gasteiger partial charge in [0, 0.05) is 58.6 Å². The fraction of sp³-hybridized carbons (Fsp3) is 0.0833. The molecule has 3 amide bonds. The van der Waals surface area contributed by atoms with Crippen LogP contribution in [-0.2, 0) is 0 Å². The van der Waals surface area contributed by atoms with Gasteiger partial charge in [-0.25, -0.2) is 4.39 Å². The minimum absolute atomic E-state index is 0.246. The molecule has 45 heavy (non-hydrogen) atoms. The van der Waals surface area contributed by atoms with Crippen molar-refractivity contribution < 1.29 is 18.8 Å². The van der Waals surface area contributed by atoms with Gasteiger partial charge in [-0.2, -0.15) is 0 Å². The zero-order chi connectivity index (χ0) is 31.8. The number of hydrogen-bond acceptors (Lipinski definition) is 4. The number of aromatic nitrogens is 1. The predicted octanol–water partition coefficient (Wildman–Crippen LogP) is 7.11. The Labute approximate surface area is 258 Å². The molecule has 0 radical (unpaired) electrons. The quantitative estimate of drug-likeness (QED) is 0.156. The van der Waals surface area contributed by atoms with E-state index in [0.29, 0.717) is 39.1 Å². The van der Waals surface area contributed by atoms with E-state index >= 15 is 0 Å². The maximum absolute atomic E-state index is 13.4. The number of rotatable bonds is 7. The van der Waals surface area contributed by atoms with Gasteiger partial charge in [0.15, 0.2) is 0 Å². The molecule has 8 nitrogen and oxygen atoms in total. The average molecular weight is 600 g/mol. The van der Waals surface area contributed by atoms with Crippen molar-refractivity contribution in [1.82, 2.24) is 4.98 Å². The lowest BCUT2D eigenvalue weighted by molar-refractivity contribution is 0.0997. The number of fused-ring (bicyclic) bond motifs is 3. The van der Waals surface area contributed by atoms with Gasteiger partial charge in [-0.15, -0.1) is 0 Å². The van der Waals surface area contributed by atoms with E-state index in [4.69, 9.17) is 5.73 Å². The number of carbonyl (C=O) groups excluding carboxylic acids is 3. The Hall–Kier alpha value is -5.96. The lowest BCUT2D eigenvalue weighted by atomic mass is 9.93. The molecule has 6 rings (SSSR count). The first-order chi connectivity index (χ1) is 21.6. The second kappa shape index (κ2) is 11.6. The fourth-order valence-corrected chi connectivity index (χ4v) is 5.49. The van der Waals surface area contributed by atoms with Gasteiger partial charge in [0.1, 0.15) is 5.82 Å². The molecule has 0 spiro atoms. The van der Waals surface area contributed by atoms with Gasteiger partial charge in [0.25, 0.3) is 17.7 Å². The van der Waals surface area contributed by atoms with E-state index in [0.717, 1.165) is 33.2 Å². The molecule has 0 atom stereocenters. The largest absolute Gasteiger partial charge is 0.378 e. The van der Waals surface area contributed by atoms with Gasteiger partial charge >= 0.3 is 0 Å². The standard InChI is InChI=1S/C36H30FN5O3/c1-20-26(5-4-6-30(20)41-36(45)21-7-11-23(37)12-8-21)27-17-18-29(34(38)43)33-32(27)28-16-13-24(19-31(28)40-33)39-35(44)22-9-14-25(15-10-22)42(2)3/h4-19,40H,1-3H3,(H2,38,43)(H,39,44)(H,41,45). The number of nitrogens with zero attached hydrogens (tertiary/aromatic N) is 1. The van der Waals surface area contributed by atoms with Crippen molar-refractivity contribution >= 4 is 56.6 Å². The van der Waals surface area contributed by atoms with Crippen LogP contribution >= 0.6 is 0 Å². The molecule has 5 N–H and O–H groups in total. The number of primary amides is 1. The number of carbonyl (C=O) groups is 3. The zero-order valence-electron chi connectivity index (χ0n) is 24.9. The Morgan fingerprint density at radius 2 is 1.44 bits per heavy atom. The topological polar surface area (TPSA) is 120 Å². The normalized spacial score (nSPS) is 11.0. The molecule has 0 saturated heterocycles. The minimum Gasteiger partial charge on any atom is -0.378 e. The molecular weight excluding hydrogens is 569 g/mol. The van der Waals surface area contributed by atoms with Crippen LogP contribution in [0.3, 0.4) is 0 Å². The third kappa shape index (κ3) is 5.59. The number of anilines is 3. The van der Waals surface area contributed by atoms with E-state index in [2.05, 4.69) is 15.6 Å². The van der Waals surface area contributed by atoms with Crippen molar-refractivity contribution in [2.24, 2.45) is 5.73 Å². The molecule has 5 aromatic carbocycles. The number of halogens is 1. The van der Waals surface area contributed by atoms with Crippen LogP contribution in [0.25, 0.3) is 32.9 Å². The third-order valence-corrected chi connectivity index (χ3v) is 7.90. The second-order valence-electron chi connectivity index (χ2n) is 11.0. The summed E-state index contributed by atoms with van der Waals surface area (Å²) in [5.41, 5.74) is 12.9. The highest BCUT2D eigenvalue weighted by Crippen LogP contribution is 2.39. The van der Waals surface area contributed by atoms with E-state index in [1.165, 1.54) is 24.3 Å². The smallest absolute Gasteiger partial charge is 0.255 e. The van der Waals surface area contributed by atoms with Gasteiger partial charge in [-0.1, -0.05) is 24.3 Å². The minimum atomic E-state index is -0.579. The number of aromatic amines is 1. The lowest BCUT2D eigenvalue weighted by Gasteiger charge is -2.15. The molecule has 6 aromatic rings. The van der Waals surface area contributed by atoms with Gasteiger partial charge in [-0.05, 0) is 96.4 Å². The Morgan fingerprint density at radius 1 is 0.778 bits per heavy atom. The van der Waals surface area contributed by atoms with E-state index in [1.807, 2.05) is 74.4 Å². The Balaban J connectivity index is 1.39. The van der Waals surface area contributed by atoms with Crippen molar-refractivity contribution in [3.05, 3.63) is 125 Å². The van der Waals surface area contributed by atoms with Crippen LogP contribution in [0, 0.1) is 12.7 Å². The number of hydrogen-bond donors (Lipinski definition) is 4. The number of amides is 3. The maximum Gasteiger partial charge on any atom is 0.255 e. The summed E-state index contributed by atoms with van der Waals surface area (Å²) in [6, 6.07) is 27.3. The monoisotopic (exact) mass is 599 g/mol. The van der Waals surface area contributed by atoms with Gasteiger partial charge < -0.3 is 26.3 Å². The highest BCUT2D eigenvalue weighted by molar-refractivity contribution is 6.21. The average Bonchev–Trinajstić information content (AvgIpc) is 3.40. The second-order valence-corrected chi connectivity index (χ2v) is 11.0. The van der Waals surface area contributed by atoms with Crippen LogP contribution in [0.2, 0.25) is 0 Å². The Bertz CT molecular complexity index is 2120. The first-order valence-corrected chi connectivity index (χ1v) is 14.2. The van der Waals surface area contributed by atoms with Gasteiger partial charge in [0.2, 0.25) is 0 Å². The molecule has 0 aliphatic carbocycles. The summed E-state index contributed by atoms with van der Waals surface area (Å²) in [5, 5.41) is 7.49. The first kappa shape index (κ1) is 29.1. The number of H-pyrrole nitrogens is 1. The summed E-state index contributed by atoms with van der Waals surface area (Å²) in [6.45, 7) is 1.90. The highest BCUT2D eigenvalue weighted by atomic mass is 19.1. The van der Waals surface area contributed by atoms with Crippen molar-refractivity contribution in [3.8, 4) is 11.1 Å². The van der Waals surface area contributed by atoms with Crippen LogP contribution in [-0.4, -0.2) is 36.8 Å². The summed E-state index contributed by atoms with van der Waals surface area (Å²) in [5.74, 6) is -1.61. The molecule has 0 unspecified atom stereocenters. The summed E-state index contributed by atoms with van der Waals surface area (Å²) in [4.78, 5) is 43.7. The molecule has 224 valence electrons. The van der Waals surface area contributed by atoms with E-state index in [1.54, 1.807) is 24.3 Å². The fourth-order valence-electron chi connectivity index (χ4n) is 5.49. The number of nitrogens with one attached hydrogen (secondary N) is 3. The van der Waals surface area contributed by atoms with Crippen molar-refractivity contribution in [2.45, 2.75) is 6.92 Å². The van der Waals surface area contributed by atoms with Crippen molar-refractivity contribution in [3.63, 3.8) is 0 Å². The van der Waals surface area contributed by atoms with E-state index in [-0.39, 0.29) is 11.8 Å². The molecule has 9 heteroatoms. The molecule has 1 heterocycles. The van der Waals surface area contributed by atoms with Crippen molar-refractivity contribution in [1.29, 1.82) is 0 Å².